The van der Waals surface area contributed by atoms with Gasteiger partial charge in [-0.25, -0.2) is 9.97 Å². The van der Waals surface area contributed by atoms with Crippen LogP contribution < -0.4 is 10.2 Å². The molecule has 0 fully saturated rings. The van der Waals surface area contributed by atoms with Crippen molar-refractivity contribution >= 4 is 29.1 Å². The maximum atomic E-state index is 12.5. The normalized spacial score (nSPS) is 10.5. The van der Waals surface area contributed by atoms with E-state index in [1.807, 2.05) is 31.2 Å². The van der Waals surface area contributed by atoms with Crippen LogP contribution in [0.25, 0.3) is 0 Å². The summed E-state index contributed by atoms with van der Waals surface area (Å²) in [7, 11) is 0. The number of aromatic nitrogens is 2. The number of nitrogens with zero attached hydrogens (tertiary/aromatic N) is 3. The van der Waals surface area contributed by atoms with Gasteiger partial charge in [-0.3, -0.25) is 4.79 Å². The van der Waals surface area contributed by atoms with E-state index in [9.17, 15) is 4.79 Å². The summed E-state index contributed by atoms with van der Waals surface area (Å²) in [5.74, 6) is 0.329. The van der Waals surface area contributed by atoms with Gasteiger partial charge in [-0.2, -0.15) is 0 Å². The molecule has 0 aliphatic carbocycles. The third-order valence-electron chi connectivity index (χ3n) is 4.30. The summed E-state index contributed by atoms with van der Waals surface area (Å²) in [6.45, 7) is 5.39. The van der Waals surface area contributed by atoms with Crippen molar-refractivity contribution in [2.45, 2.75) is 20.4 Å². The molecule has 27 heavy (non-hydrogen) atoms. The lowest BCUT2D eigenvalue weighted by Gasteiger charge is -2.20. The van der Waals surface area contributed by atoms with E-state index in [-0.39, 0.29) is 5.91 Å². The second kappa shape index (κ2) is 8.64. The lowest BCUT2D eigenvalue weighted by atomic mass is 10.2. The van der Waals surface area contributed by atoms with Crippen molar-refractivity contribution in [2.75, 3.05) is 16.8 Å². The van der Waals surface area contributed by atoms with Crippen molar-refractivity contribution in [2.24, 2.45) is 0 Å². The summed E-state index contributed by atoms with van der Waals surface area (Å²) >= 11 is 6.10. The lowest BCUT2D eigenvalue weighted by Crippen LogP contribution is -2.24. The summed E-state index contributed by atoms with van der Waals surface area (Å²) in [6.07, 6.45) is 3.09. The Bertz CT molecular complexity index is 913. The smallest absolute Gasteiger partial charge is 0.258 e. The summed E-state index contributed by atoms with van der Waals surface area (Å²) in [6, 6.07) is 15.5. The van der Waals surface area contributed by atoms with Crippen molar-refractivity contribution in [3.63, 3.8) is 0 Å². The van der Waals surface area contributed by atoms with Crippen molar-refractivity contribution in [1.82, 2.24) is 9.97 Å². The molecule has 0 aliphatic heterocycles. The zero-order valence-electron chi connectivity index (χ0n) is 15.3. The third kappa shape index (κ3) is 4.63. The zero-order chi connectivity index (χ0) is 19.2. The Balaban J connectivity index is 1.72. The zero-order valence-corrected chi connectivity index (χ0v) is 16.1. The molecule has 0 saturated carbocycles. The van der Waals surface area contributed by atoms with Gasteiger partial charge in [0.15, 0.2) is 0 Å². The van der Waals surface area contributed by atoms with Gasteiger partial charge in [0.1, 0.15) is 0 Å². The molecule has 0 bridgehead atoms. The van der Waals surface area contributed by atoms with E-state index in [0.29, 0.717) is 28.8 Å². The molecule has 6 heteroatoms. The number of halogens is 1. The predicted octanol–water partition coefficient (Wildman–Crippen LogP) is 4.72. The van der Waals surface area contributed by atoms with E-state index in [1.54, 1.807) is 24.5 Å². The fourth-order valence-electron chi connectivity index (χ4n) is 2.67. The number of nitrogens with one attached hydrogen (secondary N) is 1. The molecular weight excluding hydrogens is 360 g/mol. The van der Waals surface area contributed by atoms with Gasteiger partial charge in [0.2, 0.25) is 5.95 Å². The number of carbonyl (C=O) groups excluding carboxylic acids is 1. The first-order valence-corrected chi connectivity index (χ1v) is 9.13. The number of carbonyl (C=O) groups is 1. The molecule has 0 unspecified atom stereocenters. The highest BCUT2D eigenvalue weighted by molar-refractivity contribution is 6.31. The van der Waals surface area contributed by atoms with Crippen molar-refractivity contribution in [3.8, 4) is 0 Å². The van der Waals surface area contributed by atoms with Crippen LogP contribution in [0, 0.1) is 6.92 Å². The Kier molecular flexibility index (Phi) is 6.04. The van der Waals surface area contributed by atoms with Crippen molar-refractivity contribution in [1.29, 1.82) is 0 Å². The molecule has 0 radical (unpaired) electrons. The van der Waals surface area contributed by atoms with Gasteiger partial charge in [0.05, 0.1) is 5.56 Å². The molecular formula is C21H21ClN4O. The van der Waals surface area contributed by atoms with Crippen LogP contribution in [0.2, 0.25) is 5.02 Å². The molecule has 0 aliphatic rings. The molecule has 3 rings (SSSR count). The Morgan fingerprint density at radius 1 is 1.07 bits per heavy atom. The number of benzene rings is 2. The summed E-state index contributed by atoms with van der Waals surface area (Å²) < 4.78 is 0. The highest BCUT2D eigenvalue weighted by atomic mass is 35.5. The topological polar surface area (TPSA) is 58.1 Å². The van der Waals surface area contributed by atoms with Crippen LogP contribution >= 0.6 is 11.6 Å². The van der Waals surface area contributed by atoms with E-state index in [0.717, 1.165) is 12.1 Å². The highest BCUT2D eigenvalue weighted by Gasteiger charge is 2.13. The first-order chi connectivity index (χ1) is 13.1. The number of hydrogen-bond donors (Lipinski definition) is 1. The van der Waals surface area contributed by atoms with E-state index < -0.39 is 0 Å². The summed E-state index contributed by atoms with van der Waals surface area (Å²) in [5, 5.41) is 3.46. The number of hydrogen-bond acceptors (Lipinski definition) is 4. The molecule has 2 aromatic carbocycles. The Morgan fingerprint density at radius 3 is 2.44 bits per heavy atom. The molecule has 0 saturated heterocycles. The SMILES string of the molecule is CCN(Cc1ccccc1)c1ncc(C(=O)Nc2cccc(Cl)c2C)cn1. The number of rotatable bonds is 6. The molecule has 138 valence electrons. The number of amides is 1. The second-order valence-corrected chi connectivity index (χ2v) is 6.55. The Labute approximate surface area is 164 Å². The monoisotopic (exact) mass is 380 g/mol. The minimum atomic E-state index is -0.266. The Morgan fingerprint density at radius 2 is 1.78 bits per heavy atom. The van der Waals surface area contributed by atoms with Gasteiger partial charge >= 0.3 is 0 Å². The largest absolute Gasteiger partial charge is 0.337 e. The van der Waals surface area contributed by atoms with Gasteiger partial charge in [-0.05, 0) is 37.1 Å². The fraction of sp³-hybridized carbons (Fsp3) is 0.190. The fourth-order valence-corrected chi connectivity index (χ4v) is 2.84. The minimum Gasteiger partial charge on any atom is -0.337 e. The molecule has 0 spiro atoms. The average Bonchev–Trinajstić information content (AvgIpc) is 2.70. The van der Waals surface area contributed by atoms with Crippen LogP contribution in [-0.2, 0) is 6.54 Å². The molecule has 0 atom stereocenters. The molecule has 3 aromatic rings. The van der Waals surface area contributed by atoms with Crippen LogP contribution in [0.4, 0.5) is 11.6 Å². The van der Waals surface area contributed by atoms with Gasteiger partial charge in [-0.15, -0.1) is 0 Å². The van der Waals surface area contributed by atoms with Crippen LogP contribution in [0.5, 0.6) is 0 Å². The highest BCUT2D eigenvalue weighted by Crippen LogP contribution is 2.23. The van der Waals surface area contributed by atoms with Crippen LogP contribution in [0.3, 0.4) is 0 Å². The maximum absolute atomic E-state index is 12.5. The average molecular weight is 381 g/mol. The van der Waals surface area contributed by atoms with Gasteiger partial charge < -0.3 is 10.2 Å². The van der Waals surface area contributed by atoms with Crippen molar-refractivity contribution < 1.29 is 4.79 Å². The van der Waals surface area contributed by atoms with E-state index in [4.69, 9.17) is 11.6 Å². The quantitative estimate of drug-likeness (QED) is 0.672. The summed E-state index contributed by atoms with van der Waals surface area (Å²) in [5.41, 5.74) is 3.08. The van der Waals surface area contributed by atoms with E-state index in [1.165, 1.54) is 5.56 Å². The van der Waals surface area contributed by atoms with Crippen LogP contribution in [-0.4, -0.2) is 22.4 Å². The van der Waals surface area contributed by atoms with E-state index >= 15 is 0 Å². The molecule has 1 aromatic heterocycles. The first kappa shape index (κ1) is 18.9. The maximum Gasteiger partial charge on any atom is 0.258 e. The minimum absolute atomic E-state index is 0.266. The molecule has 1 heterocycles. The van der Waals surface area contributed by atoms with Crippen LogP contribution in [0.15, 0.2) is 60.9 Å². The Hall–Kier alpha value is -2.92. The van der Waals surface area contributed by atoms with Gasteiger partial charge in [0, 0.05) is 36.2 Å². The predicted molar refractivity (Wildman–Crippen MR) is 109 cm³/mol. The van der Waals surface area contributed by atoms with Crippen molar-refractivity contribution in [3.05, 3.63) is 82.6 Å². The third-order valence-corrected chi connectivity index (χ3v) is 4.71. The molecule has 5 nitrogen and oxygen atoms in total. The standard InChI is InChI=1S/C21H21ClN4O/c1-3-26(14-16-8-5-4-6-9-16)21-23-12-17(13-24-21)20(27)25-19-11-7-10-18(22)15(19)2/h4-13H,3,14H2,1-2H3,(H,25,27). The first-order valence-electron chi connectivity index (χ1n) is 8.76. The number of anilines is 2. The second-order valence-electron chi connectivity index (χ2n) is 6.14. The van der Waals surface area contributed by atoms with Gasteiger partial charge in [-0.1, -0.05) is 48.0 Å². The van der Waals surface area contributed by atoms with Crippen LogP contribution in [0.1, 0.15) is 28.4 Å². The van der Waals surface area contributed by atoms with Gasteiger partial charge in [0.25, 0.3) is 5.91 Å². The molecule has 1 amide bonds. The lowest BCUT2D eigenvalue weighted by molar-refractivity contribution is 0.102. The summed E-state index contributed by atoms with van der Waals surface area (Å²) in [4.78, 5) is 23.3. The van der Waals surface area contributed by atoms with E-state index in [2.05, 4.69) is 39.2 Å². The molecule has 1 N–H and O–H groups in total.